The summed E-state index contributed by atoms with van der Waals surface area (Å²) in [7, 11) is 0. The molecule has 1 aromatic carbocycles. The van der Waals surface area contributed by atoms with E-state index < -0.39 is 0 Å². The number of hydrogen-bond donors (Lipinski definition) is 3. The lowest BCUT2D eigenvalue weighted by atomic mass is 9.96. The van der Waals surface area contributed by atoms with Crippen LogP contribution in [0.25, 0.3) is 0 Å². The monoisotopic (exact) mass is 261 g/mol. The summed E-state index contributed by atoms with van der Waals surface area (Å²) in [5.41, 5.74) is 6.97. The second-order valence-corrected chi connectivity index (χ2v) is 5.17. The maximum absolute atomic E-state index is 9.37. The molecule has 0 unspecified atom stereocenters. The summed E-state index contributed by atoms with van der Waals surface area (Å²) in [5, 5.41) is 12.7. The summed E-state index contributed by atoms with van der Waals surface area (Å²) in [5.74, 6) is 0.849. The van der Waals surface area contributed by atoms with Crippen LogP contribution in [0.1, 0.15) is 37.7 Å². The molecule has 19 heavy (non-hydrogen) atoms. The van der Waals surface area contributed by atoms with Crippen molar-refractivity contribution < 1.29 is 5.11 Å². The molecule has 0 aromatic heterocycles. The topological polar surface area (TPSA) is 70.6 Å². The number of nitrogens with two attached hydrogens (primary N) is 1. The van der Waals surface area contributed by atoms with Crippen molar-refractivity contribution in [2.24, 2.45) is 10.7 Å². The summed E-state index contributed by atoms with van der Waals surface area (Å²) >= 11 is 0. The van der Waals surface area contributed by atoms with Gasteiger partial charge in [0.15, 0.2) is 5.96 Å². The van der Waals surface area contributed by atoms with Crippen molar-refractivity contribution in [3.05, 3.63) is 29.8 Å². The largest absolute Gasteiger partial charge is 0.508 e. The molecule has 4 heteroatoms. The van der Waals surface area contributed by atoms with E-state index in [0.717, 1.165) is 12.0 Å². The number of aromatic hydroxyl groups is 1. The van der Waals surface area contributed by atoms with E-state index in [1.54, 1.807) is 12.1 Å². The highest BCUT2D eigenvalue weighted by Crippen LogP contribution is 2.17. The number of nitrogens with zero attached hydrogens (tertiary/aromatic N) is 1. The number of phenols is 1. The predicted molar refractivity (Wildman–Crippen MR) is 78.3 cm³/mol. The van der Waals surface area contributed by atoms with Crippen LogP contribution in [0.5, 0.6) is 5.75 Å². The molecule has 4 nitrogen and oxygen atoms in total. The number of rotatable bonds is 4. The van der Waals surface area contributed by atoms with E-state index >= 15 is 0 Å². The van der Waals surface area contributed by atoms with Crippen LogP contribution in [0, 0.1) is 0 Å². The van der Waals surface area contributed by atoms with Crippen LogP contribution in [-0.4, -0.2) is 23.7 Å². The Morgan fingerprint density at radius 1 is 1.32 bits per heavy atom. The average Bonchev–Trinajstić information content (AvgIpc) is 2.40. The first-order chi connectivity index (χ1) is 9.24. The minimum atomic E-state index is 0.301. The lowest BCUT2D eigenvalue weighted by Gasteiger charge is -2.23. The molecule has 0 heterocycles. The summed E-state index contributed by atoms with van der Waals surface area (Å²) in [4.78, 5) is 4.34. The first-order valence-corrected chi connectivity index (χ1v) is 7.08. The second-order valence-electron chi connectivity index (χ2n) is 5.17. The Balaban J connectivity index is 1.75. The summed E-state index contributed by atoms with van der Waals surface area (Å²) in [6.45, 7) is 0.648. The first-order valence-electron chi connectivity index (χ1n) is 7.08. The van der Waals surface area contributed by atoms with E-state index in [1.165, 1.54) is 32.1 Å². The number of benzene rings is 1. The van der Waals surface area contributed by atoms with Gasteiger partial charge < -0.3 is 16.2 Å². The molecule has 1 aliphatic carbocycles. The third-order valence-corrected chi connectivity index (χ3v) is 3.55. The van der Waals surface area contributed by atoms with E-state index in [9.17, 15) is 5.11 Å². The fourth-order valence-electron chi connectivity index (χ4n) is 2.52. The molecular weight excluding hydrogens is 238 g/mol. The standard InChI is InChI=1S/C15H23N3O/c16-15(18-13-6-2-1-3-7-13)17-10-9-12-5-4-8-14(19)11-12/h4-5,8,11,13,19H,1-3,6-7,9-10H2,(H3,16,17,18). The molecule has 2 rings (SSSR count). The Hall–Kier alpha value is -1.71. The van der Waals surface area contributed by atoms with Gasteiger partial charge in [0.25, 0.3) is 0 Å². The molecule has 1 aliphatic rings. The molecular formula is C15H23N3O. The molecule has 0 radical (unpaired) electrons. The molecule has 1 fully saturated rings. The van der Waals surface area contributed by atoms with Crippen LogP contribution in [0.2, 0.25) is 0 Å². The van der Waals surface area contributed by atoms with E-state index in [2.05, 4.69) is 10.3 Å². The minimum absolute atomic E-state index is 0.301. The zero-order valence-electron chi connectivity index (χ0n) is 11.3. The molecule has 1 aromatic rings. The molecule has 0 amide bonds. The van der Waals surface area contributed by atoms with Gasteiger partial charge in [0, 0.05) is 12.6 Å². The number of nitrogens with one attached hydrogen (secondary N) is 1. The van der Waals surface area contributed by atoms with Crippen molar-refractivity contribution in [1.82, 2.24) is 5.32 Å². The molecule has 104 valence electrons. The van der Waals surface area contributed by atoms with Crippen molar-refractivity contribution in [1.29, 1.82) is 0 Å². The molecule has 1 saturated carbocycles. The number of phenolic OH excluding ortho intramolecular Hbond substituents is 1. The van der Waals surface area contributed by atoms with Crippen LogP contribution in [0.15, 0.2) is 29.3 Å². The fourth-order valence-corrected chi connectivity index (χ4v) is 2.52. The van der Waals surface area contributed by atoms with Crippen molar-refractivity contribution in [3.8, 4) is 5.75 Å². The molecule has 0 aliphatic heterocycles. The van der Waals surface area contributed by atoms with E-state index in [1.807, 2.05) is 12.1 Å². The van der Waals surface area contributed by atoms with Crippen LogP contribution in [0.3, 0.4) is 0 Å². The zero-order valence-corrected chi connectivity index (χ0v) is 11.3. The predicted octanol–water partition coefficient (Wildman–Crippen LogP) is 2.17. The van der Waals surface area contributed by atoms with Gasteiger partial charge in [-0.2, -0.15) is 0 Å². The summed E-state index contributed by atoms with van der Waals surface area (Å²) in [6, 6.07) is 7.77. The average molecular weight is 261 g/mol. The van der Waals surface area contributed by atoms with Crippen LogP contribution in [-0.2, 0) is 6.42 Å². The third kappa shape index (κ3) is 4.81. The van der Waals surface area contributed by atoms with Gasteiger partial charge in [0.05, 0.1) is 0 Å². The van der Waals surface area contributed by atoms with E-state index in [4.69, 9.17) is 5.73 Å². The number of guanidine groups is 1. The van der Waals surface area contributed by atoms with Gasteiger partial charge in [0.2, 0.25) is 0 Å². The third-order valence-electron chi connectivity index (χ3n) is 3.55. The fraction of sp³-hybridized carbons (Fsp3) is 0.533. The van der Waals surface area contributed by atoms with Gasteiger partial charge in [-0.25, -0.2) is 0 Å². The lowest BCUT2D eigenvalue weighted by Crippen LogP contribution is -2.41. The summed E-state index contributed by atoms with van der Waals surface area (Å²) in [6.07, 6.45) is 7.10. The van der Waals surface area contributed by atoms with Gasteiger partial charge in [0.1, 0.15) is 5.75 Å². The quantitative estimate of drug-likeness (QED) is 0.574. The molecule has 0 atom stereocenters. The lowest BCUT2D eigenvalue weighted by molar-refractivity contribution is 0.412. The smallest absolute Gasteiger partial charge is 0.188 e. The Morgan fingerprint density at radius 2 is 2.11 bits per heavy atom. The minimum Gasteiger partial charge on any atom is -0.508 e. The highest BCUT2D eigenvalue weighted by atomic mass is 16.3. The highest BCUT2D eigenvalue weighted by molar-refractivity contribution is 5.78. The first kappa shape index (κ1) is 13.7. The highest BCUT2D eigenvalue weighted by Gasteiger charge is 2.12. The molecule has 4 N–H and O–H groups in total. The Morgan fingerprint density at radius 3 is 2.84 bits per heavy atom. The van der Waals surface area contributed by atoms with Gasteiger partial charge in [-0.3, -0.25) is 4.99 Å². The van der Waals surface area contributed by atoms with Crippen LogP contribution < -0.4 is 11.1 Å². The van der Waals surface area contributed by atoms with Crippen LogP contribution in [0.4, 0.5) is 0 Å². The van der Waals surface area contributed by atoms with Crippen molar-refractivity contribution >= 4 is 5.96 Å². The zero-order chi connectivity index (χ0) is 13.5. The Labute approximate surface area is 114 Å². The molecule has 0 saturated heterocycles. The maximum atomic E-state index is 9.37. The van der Waals surface area contributed by atoms with Gasteiger partial charge in [-0.15, -0.1) is 0 Å². The van der Waals surface area contributed by atoms with Crippen molar-refractivity contribution in [2.45, 2.75) is 44.6 Å². The Kier molecular flexibility index (Phi) is 5.07. The van der Waals surface area contributed by atoms with Crippen LogP contribution >= 0.6 is 0 Å². The van der Waals surface area contributed by atoms with Gasteiger partial charge in [-0.1, -0.05) is 31.4 Å². The molecule has 0 spiro atoms. The molecule has 0 bridgehead atoms. The van der Waals surface area contributed by atoms with Crippen molar-refractivity contribution in [2.75, 3.05) is 6.54 Å². The SMILES string of the molecule is NC(=NCCc1cccc(O)c1)NC1CCCCC1. The van der Waals surface area contributed by atoms with Gasteiger partial charge in [-0.05, 0) is 37.0 Å². The van der Waals surface area contributed by atoms with Gasteiger partial charge >= 0.3 is 0 Å². The van der Waals surface area contributed by atoms with E-state index in [-0.39, 0.29) is 0 Å². The Bertz CT molecular complexity index is 425. The van der Waals surface area contributed by atoms with Crippen molar-refractivity contribution in [3.63, 3.8) is 0 Å². The maximum Gasteiger partial charge on any atom is 0.188 e. The summed E-state index contributed by atoms with van der Waals surface area (Å²) < 4.78 is 0. The normalized spacial score (nSPS) is 17.4. The number of hydrogen-bond acceptors (Lipinski definition) is 2. The number of aliphatic imine (C=N–C) groups is 1. The second kappa shape index (κ2) is 7.02. The van der Waals surface area contributed by atoms with E-state index in [0.29, 0.717) is 24.3 Å².